The third-order valence-electron chi connectivity index (χ3n) is 4.72. The number of nitrogens with zero attached hydrogens (tertiary/aromatic N) is 1. The Hall–Kier alpha value is -0.0800. The molecule has 1 aliphatic rings. The molecule has 1 saturated heterocycles. The van der Waals surface area contributed by atoms with Crippen molar-refractivity contribution in [2.45, 2.75) is 60.0 Å². The fourth-order valence-corrected chi connectivity index (χ4v) is 2.45. The van der Waals surface area contributed by atoms with Crippen molar-refractivity contribution < 1.29 is 0 Å². The molecule has 0 radical (unpaired) electrons. The third kappa shape index (κ3) is 4.26. The van der Waals surface area contributed by atoms with Crippen LogP contribution in [0, 0.1) is 17.8 Å². The van der Waals surface area contributed by atoms with Crippen LogP contribution in [0.25, 0.3) is 0 Å². The van der Waals surface area contributed by atoms with Gasteiger partial charge in [0, 0.05) is 31.7 Å². The lowest BCUT2D eigenvalue weighted by Crippen LogP contribution is -2.58. The predicted octanol–water partition coefficient (Wildman–Crippen LogP) is 2.99. The largest absolute Gasteiger partial charge is 0.311 e. The van der Waals surface area contributed by atoms with Gasteiger partial charge in [-0.05, 0) is 24.7 Å². The minimum Gasteiger partial charge on any atom is -0.311 e. The first kappa shape index (κ1) is 15.0. The van der Waals surface area contributed by atoms with Gasteiger partial charge in [0.2, 0.25) is 0 Å². The van der Waals surface area contributed by atoms with Crippen molar-refractivity contribution >= 4 is 0 Å². The van der Waals surface area contributed by atoms with Gasteiger partial charge in [-0.25, -0.2) is 0 Å². The van der Waals surface area contributed by atoms with Crippen molar-refractivity contribution in [3.8, 4) is 0 Å². The Morgan fingerprint density at radius 3 is 2.41 bits per heavy atom. The van der Waals surface area contributed by atoms with E-state index in [1.54, 1.807) is 0 Å². The summed E-state index contributed by atoms with van der Waals surface area (Å²) in [4.78, 5) is 2.69. The highest BCUT2D eigenvalue weighted by Gasteiger charge is 2.28. The van der Waals surface area contributed by atoms with Crippen LogP contribution < -0.4 is 5.32 Å². The smallest absolute Gasteiger partial charge is 0.0221 e. The fraction of sp³-hybridized carbons (Fsp3) is 1.00. The van der Waals surface area contributed by atoms with Crippen LogP contribution in [0.4, 0.5) is 0 Å². The molecule has 102 valence electrons. The molecule has 0 spiro atoms. The second-order valence-electron chi connectivity index (χ2n) is 6.42. The number of piperazine rings is 1. The van der Waals surface area contributed by atoms with Gasteiger partial charge in [0.15, 0.2) is 0 Å². The van der Waals surface area contributed by atoms with Crippen LogP contribution in [0.15, 0.2) is 0 Å². The first-order valence-electron chi connectivity index (χ1n) is 7.43. The Morgan fingerprint density at radius 2 is 1.88 bits per heavy atom. The van der Waals surface area contributed by atoms with Crippen molar-refractivity contribution in [1.29, 1.82) is 0 Å². The summed E-state index contributed by atoms with van der Waals surface area (Å²) >= 11 is 0. The molecule has 2 nitrogen and oxygen atoms in total. The summed E-state index contributed by atoms with van der Waals surface area (Å²) in [5.41, 5.74) is 0. The van der Waals surface area contributed by atoms with E-state index in [9.17, 15) is 0 Å². The summed E-state index contributed by atoms with van der Waals surface area (Å²) in [6, 6.07) is 1.38. The van der Waals surface area contributed by atoms with Gasteiger partial charge in [-0.3, -0.25) is 4.90 Å². The molecule has 2 heteroatoms. The van der Waals surface area contributed by atoms with E-state index < -0.39 is 0 Å². The summed E-state index contributed by atoms with van der Waals surface area (Å²) in [5, 5.41) is 3.71. The molecule has 1 N–H and O–H groups in total. The topological polar surface area (TPSA) is 15.3 Å². The summed E-state index contributed by atoms with van der Waals surface area (Å²) in [6.45, 7) is 17.7. The van der Waals surface area contributed by atoms with Crippen LogP contribution in [0.5, 0.6) is 0 Å². The lowest BCUT2D eigenvalue weighted by Gasteiger charge is -2.42. The molecule has 4 unspecified atom stereocenters. The summed E-state index contributed by atoms with van der Waals surface area (Å²) < 4.78 is 0. The monoisotopic (exact) mass is 240 g/mol. The second-order valence-corrected chi connectivity index (χ2v) is 6.42. The van der Waals surface area contributed by atoms with Gasteiger partial charge in [-0.15, -0.1) is 0 Å². The predicted molar refractivity (Wildman–Crippen MR) is 76.3 cm³/mol. The van der Waals surface area contributed by atoms with E-state index in [-0.39, 0.29) is 0 Å². The van der Waals surface area contributed by atoms with Crippen molar-refractivity contribution in [2.24, 2.45) is 17.8 Å². The quantitative estimate of drug-likeness (QED) is 0.795. The molecule has 1 aliphatic heterocycles. The third-order valence-corrected chi connectivity index (χ3v) is 4.72. The zero-order valence-electron chi connectivity index (χ0n) is 12.7. The molecular formula is C15H32N2. The number of hydrogen-bond donors (Lipinski definition) is 1. The minimum absolute atomic E-state index is 0.690. The van der Waals surface area contributed by atoms with Gasteiger partial charge in [0.05, 0.1) is 0 Å². The zero-order chi connectivity index (χ0) is 13.0. The number of nitrogens with one attached hydrogen (secondary N) is 1. The van der Waals surface area contributed by atoms with Crippen LogP contribution in [-0.2, 0) is 0 Å². The molecule has 0 aromatic rings. The Bertz CT molecular complexity index is 215. The van der Waals surface area contributed by atoms with E-state index in [4.69, 9.17) is 0 Å². The van der Waals surface area contributed by atoms with E-state index in [2.05, 4.69) is 51.8 Å². The van der Waals surface area contributed by atoms with E-state index in [0.29, 0.717) is 12.1 Å². The van der Waals surface area contributed by atoms with Crippen LogP contribution in [0.1, 0.15) is 48.0 Å². The average molecular weight is 240 g/mol. The van der Waals surface area contributed by atoms with Crippen molar-refractivity contribution in [3.05, 3.63) is 0 Å². The summed E-state index contributed by atoms with van der Waals surface area (Å²) in [7, 11) is 0. The number of hydrogen-bond acceptors (Lipinski definition) is 2. The van der Waals surface area contributed by atoms with Crippen LogP contribution >= 0.6 is 0 Å². The van der Waals surface area contributed by atoms with Crippen molar-refractivity contribution in [2.75, 3.05) is 19.6 Å². The Morgan fingerprint density at radius 1 is 1.24 bits per heavy atom. The Labute approximate surface area is 108 Å². The molecule has 0 saturated carbocycles. The van der Waals surface area contributed by atoms with Gasteiger partial charge < -0.3 is 5.32 Å². The standard InChI is InChI=1S/C15H32N2/c1-7-12(4)15-10-17(14(6)8-16-15)9-13(5)11(2)3/h11-16H,7-10H2,1-6H3. The molecule has 0 aliphatic carbocycles. The lowest BCUT2D eigenvalue weighted by molar-refractivity contribution is 0.0950. The highest BCUT2D eigenvalue weighted by Crippen LogP contribution is 2.19. The maximum absolute atomic E-state index is 3.71. The summed E-state index contributed by atoms with van der Waals surface area (Å²) in [6.07, 6.45) is 1.28. The molecule has 0 amide bonds. The molecule has 0 bridgehead atoms. The second kappa shape index (κ2) is 6.75. The minimum atomic E-state index is 0.690. The highest BCUT2D eigenvalue weighted by molar-refractivity contribution is 4.87. The fourth-order valence-electron chi connectivity index (χ4n) is 2.45. The van der Waals surface area contributed by atoms with Crippen LogP contribution in [0.2, 0.25) is 0 Å². The van der Waals surface area contributed by atoms with E-state index in [1.807, 2.05) is 0 Å². The maximum atomic E-state index is 3.71. The van der Waals surface area contributed by atoms with Gasteiger partial charge >= 0.3 is 0 Å². The zero-order valence-corrected chi connectivity index (χ0v) is 12.7. The van der Waals surface area contributed by atoms with Gasteiger partial charge in [0.25, 0.3) is 0 Å². The highest BCUT2D eigenvalue weighted by atomic mass is 15.2. The van der Waals surface area contributed by atoms with Gasteiger partial charge in [-0.2, -0.15) is 0 Å². The molecule has 4 atom stereocenters. The lowest BCUT2D eigenvalue weighted by atomic mass is 9.93. The average Bonchev–Trinajstić information content (AvgIpc) is 2.30. The SMILES string of the molecule is CCC(C)C1CN(CC(C)C(C)C)C(C)CN1. The molecule has 0 aromatic heterocycles. The number of rotatable bonds is 5. The Kier molecular flexibility index (Phi) is 5.94. The maximum Gasteiger partial charge on any atom is 0.0221 e. The first-order valence-corrected chi connectivity index (χ1v) is 7.43. The molecule has 0 aromatic carbocycles. The van der Waals surface area contributed by atoms with E-state index in [1.165, 1.54) is 19.5 Å². The van der Waals surface area contributed by atoms with Gasteiger partial charge in [0.1, 0.15) is 0 Å². The first-order chi connectivity index (χ1) is 7.95. The molecule has 1 rings (SSSR count). The Balaban J connectivity index is 2.51. The van der Waals surface area contributed by atoms with E-state index in [0.717, 1.165) is 24.3 Å². The van der Waals surface area contributed by atoms with Crippen molar-refractivity contribution in [1.82, 2.24) is 10.2 Å². The molecule has 17 heavy (non-hydrogen) atoms. The van der Waals surface area contributed by atoms with Crippen molar-refractivity contribution in [3.63, 3.8) is 0 Å². The summed E-state index contributed by atoms with van der Waals surface area (Å²) in [5.74, 6) is 2.38. The molecule has 1 fully saturated rings. The molecule has 1 heterocycles. The van der Waals surface area contributed by atoms with E-state index >= 15 is 0 Å². The van der Waals surface area contributed by atoms with Crippen LogP contribution in [-0.4, -0.2) is 36.6 Å². The normalized spacial score (nSPS) is 30.5. The van der Waals surface area contributed by atoms with Gasteiger partial charge in [-0.1, -0.05) is 41.0 Å². The molecular weight excluding hydrogens is 208 g/mol. The van der Waals surface area contributed by atoms with Crippen LogP contribution in [0.3, 0.4) is 0 Å².